The molecule has 2 rings (SSSR count). The fourth-order valence-electron chi connectivity index (χ4n) is 1.34. The highest BCUT2D eigenvalue weighted by atomic mass is 16.4. The van der Waals surface area contributed by atoms with Crippen molar-refractivity contribution < 1.29 is 15.0 Å². The van der Waals surface area contributed by atoms with Gasteiger partial charge >= 0.3 is 5.97 Å². The molecule has 0 spiro atoms. The Bertz CT molecular complexity index is 503. The standard InChI is InChI=1S/C11H7O3/c12-10-6-8-4-2-1-3-7(8)5-9(10)11(13)14/h2-6,12H,(H,13,14). The van der Waals surface area contributed by atoms with E-state index in [4.69, 9.17) is 5.11 Å². The Labute approximate surface area is 80.2 Å². The third-order valence-electron chi connectivity index (χ3n) is 2.03. The van der Waals surface area contributed by atoms with E-state index in [1.165, 1.54) is 12.1 Å². The summed E-state index contributed by atoms with van der Waals surface area (Å²) in [5.41, 5.74) is -0.0860. The first-order valence-corrected chi connectivity index (χ1v) is 4.04. The molecule has 0 bridgehead atoms. The number of aromatic hydroxyl groups is 1. The van der Waals surface area contributed by atoms with Crippen LogP contribution >= 0.6 is 0 Å². The second-order valence-electron chi connectivity index (χ2n) is 2.95. The van der Waals surface area contributed by atoms with Crippen LogP contribution in [0.1, 0.15) is 10.4 Å². The van der Waals surface area contributed by atoms with Crippen LogP contribution in [0.15, 0.2) is 30.3 Å². The Morgan fingerprint density at radius 3 is 2.79 bits per heavy atom. The smallest absolute Gasteiger partial charge is 0.339 e. The third kappa shape index (κ3) is 1.29. The van der Waals surface area contributed by atoms with Gasteiger partial charge in [0.2, 0.25) is 0 Å². The largest absolute Gasteiger partial charge is 0.507 e. The van der Waals surface area contributed by atoms with E-state index in [2.05, 4.69) is 6.07 Å². The van der Waals surface area contributed by atoms with E-state index in [0.717, 1.165) is 10.8 Å². The van der Waals surface area contributed by atoms with Crippen molar-refractivity contribution in [3.8, 4) is 5.75 Å². The lowest BCUT2D eigenvalue weighted by atomic mass is 10.1. The second kappa shape index (κ2) is 3.03. The van der Waals surface area contributed by atoms with Gasteiger partial charge in [0.15, 0.2) is 0 Å². The first kappa shape index (κ1) is 8.56. The third-order valence-corrected chi connectivity index (χ3v) is 2.03. The van der Waals surface area contributed by atoms with Crippen molar-refractivity contribution in [1.29, 1.82) is 0 Å². The highest BCUT2D eigenvalue weighted by Gasteiger charge is 2.09. The average molecular weight is 187 g/mol. The van der Waals surface area contributed by atoms with E-state index in [1.54, 1.807) is 18.2 Å². The summed E-state index contributed by atoms with van der Waals surface area (Å²) in [6.07, 6.45) is 0. The highest BCUT2D eigenvalue weighted by molar-refractivity contribution is 5.97. The Hall–Kier alpha value is -2.03. The molecule has 0 fully saturated rings. The van der Waals surface area contributed by atoms with Gasteiger partial charge in [0.05, 0.1) is 0 Å². The van der Waals surface area contributed by atoms with E-state index in [0.29, 0.717) is 0 Å². The van der Waals surface area contributed by atoms with E-state index in [9.17, 15) is 9.90 Å². The Morgan fingerprint density at radius 1 is 1.29 bits per heavy atom. The highest BCUT2D eigenvalue weighted by Crippen LogP contribution is 2.24. The van der Waals surface area contributed by atoms with Crippen LogP contribution in [0.2, 0.25) is 0 Å². The Morgan fingerprint density at radius 2 is 2.07 bits per heavy atom. The van der Waals surface area contributed by atoms with Crippen LogP contribution in [0.5, 0.6) is 5.75 Å². The molecule has 0 aliphatic carbocycles. The monoisotopic (exact) mass is 187 g/mol. The number of hydrogen-bond donors (Lipinski definition) is 2. The second-order valence-corrected chi connectivity index (χ2v) is 2.95. The van der Waals surface area contributed by atoms with Crippen LogP contribution in [-0.4, -0.2) is 16.2 Å². The number of aromatic carboxylic acids is 1. The molecule has 14 heavy (non-hydrogen) atoms. The van der Waals surface area contributed by atoms with Crippen LogP contribution in [0.3, 0.4) is 0 Å². The molecule has 2 N–H and O–H groups in total. The summed E-state index contributed by atoms with van der Waals surface area (Å²) in [5, 5.41) is 19.7. The molecule has 0 amide bonds. The minimum absolute atomic E-state index is 0.0860. The lowest BCUT2D eigenvalue weighted by Crippen LogP contribution is -1.96. The predicted molar refractivity (Wildman–Crippen MR) is 51.4 cm³/mol. The van der Waals surface area contributed by atoms with Crippen molar-refractivity contribution in [1.82, 2.24) is 0 Å². The lowest BCUT2D eigenvalue weighted by Gasteiger charge is -2.02. The molecule has 0 heterocycles. The quantitative estimate of drug-likeness (QED) is 0.718. The number of carboxylic acids is 1. The fraction of sp³-hybridized carbons (Fsp3) is 0. The van der Waals surface area contributed by atoms with Gasteiger partial charge in [0.1, 0.15) is 11.3 Å². The maximum atomic E-state index is 10.7. The summed E-state index contributed by atoms with van der Waals surface area (Å²) < 4.78 is 0. The molecule has 2 aromatic rings. The molecule has 2 aromatic carbocycles. The molecule has 0 saturated heterocycles. The minimum Gasteiger partial charge on any atom is -0.507 e. The molecular weight excluding hydrogens is 180 g/mol. The van der Waals surface area contributed by atoms with Crippen LogP contribution in [0.4, 0.5) is 0 Å². The summed E-state index contributed by atoms with van der Waals surface area (Å²) in [6, 6.07) is 10.9. The Balaban J connectivity index is 2.77. The molecule has 3 nitrogen and oxygen atoms in total. The summed E-state index contributed by atoms with van der Waals surface area (Å²) in [7, 11) is 0. The van der Waals surface area contributed by atoms with Crippen molar-refractivity contribution in [2.45, 2.75) is 0 Å². The van der Waals surface area contributed by atoms with Gasteiger partial charge in [-0.15, -0.1) is 0 Å². The van der Waals surface area contributed by atoms with Gasteiger partial charge in [-0.2, -0.15) is 0 Å². The predicted octanol–water partition coefficient (Wildman–Crippen LogP) is 2.04. The van der Waals surface area contributed by atoms with Gasteiger partial charge in [-0.25, -0.2) is 4.79 Å². The molecule has 0 aromatic heterocycles. The maximum Gasteiger partial charge on any atom is 0.339 e. The zero-order valence-corrected chi connectivity index (χ0v) is 7.19. The molecule has 0 atom stereocenters. The SMILES string of the molecule is O=C(O)c1cc2c[c]ccc2cc1O. The van der Waals surface area contributed by atoms with Gasteiger partial charge in [-0.1, -0.05) is 12.1 Å². The average Bonchev–Trinajstić information content (AvgIpc) is 2.16. The Kier molecular flexibility index (Phi) is 1.85. The van der Waals surface area contributed by atoms with E-state index < -0.39 is 5.97 Å². The molecule has 1 radical (unpaired) electrons. The zero-order valence-electron chi connectivity index (χ0n) is 7.19. The van der Waals surface area contributed by atoms with Gasteiger partial charge in [-0.3, -0.25) is 0 Å². The summed E-state index contributed by atoms with van der Waals surface area (Å²) >= 11 is 0. The molecule has 0 saturated carbocycles. The molecule has 0 aliphatic heterocycles. The first-order valence-electron chi connectivity index (χ1n) is 4.04. The fourth-order valence-corrected chi connectivity index (χ4v) is 1.34. The van der Waals surface area contributed by atoms with Crippen LogP contribution in [-0.2, 0) is 0 Å². The first-order chi connectivity index (χ1) is 6.68. The van der Waals surface area contributed by atoms with Crippen molar-refractivity contribution in [3.05, 3.63) is 42.0 Å². The number of fused-ring (bicyclic) bond motifs is 1. The molecule has 0 unspecified atom stereocenters. The summed E-state index contributed by atoms with van der Waals surface area (Å²) in [6.45, 7) is 0. The normalized spacial score (nSPS) is 10.3. The van der Waals surface area contributed by atoms with Crippen LogP contribution in [0.25, 0.3) is 10.8 Å². The van der Waals surface area contributed by atoms with E-state index >= 15 is 0 Å². The molecule has 0 aliphatic rings. The number of carboxylic acid groups (broad SMARTS) is 1. The van der Waals surface area contributed by atoms with Crippen molar-refractivity contribution >= 4 is 16.7 Å². The van der Waals surface area contributed by atoms with Gasteiger partial charge in [-0.05, 0) is 35.0 Å². The summed E-state index contributed by atoms with van der Waals surface area (Å²) in [5.74, 6) is -1.34. The minimum atomic E-state index is -1.13. The van der Waals surface area contributed by atoms with Crippen molar-refractivity contribution in [2.75, 3.05) is 0 Å². The lowest BCUT2D eigenvalue weighted by molar-refractivity contribution is 0.0694. The molecular formula is C11H7O3. The van der Waals surface area contributed by atoms with E-state index in [-0.39, 0.29) is 11.3 Å². The summed E-state index contributed by atoms with van der Waals surface area (Å²) in [4.78, 5) is 10.7. The maximum absolute atomic E-state index is 10.7. The van der Waals surface area contributed by atoms with Crippen LogP contribution in [0, 0.1) is 6.07 Å². The number of phenols is 1. The molecule has 3 heteroatoms. The number of carbonyl (C=O) groups is 1. The van der Waals surface area contributed by atoms with Gasteiger partial charge < -0.3 is 10.2 Å². The number of rotatable bonds is 1. The zero-order chi connectivity index (χ0) is 10.1. The van der Waals surface area contributed by atoms with Gasteiger partial charge in [0, 0.05) is 0 Å². The topological polar surface area (TPSA) is 57.5 Å². The number of hydrogen-bond acceptors (Lipinski definition) is 2. The van der Waals surface area contributed by atoms with Crippen molar-refractivity contribution in [2.24, 2.45) is 0 Å². The van der Waals surface area contributed by atoms with E-state index in [1.807, 2.05) is 0 Å². The van der Waals surface area contributed by atoms with Gasteiger partial charge in [0.25, 0.3) is 0 Å². The number of benzene rings is 2. The van der Waals surface area contributed by atoms with Crippen LogP contribution < -0.4 is 0 Å². The molecule has 69 valence electrons. The van der Waals surface area contributed by atoms with Crippen molar-refractivity contribution in [3.63, 3.8) is 0 Å².